The minimum atomic E-state index is -1.05. The fourth-order valence-corrected chi connectivity index (χ4v) is 0.814. The number of carbonyl (C=O) groups is 3. The quantitative estimate of drug-likeness (QED) is 0.267. The van der Waals surface area contributed by atoms with Gasteiger partial charge >= 0.3 is 6.03 Å². The summed E-state index contributed by atoms with van der Waals surface area (Å²) in [6, 6.07) is -0.802. The highest BCUT2D eigenvalue weighted by molar-refractivity contribution is 6.23. The first kappa shape index (κ1) is 9.17. The van der Waals surface area contributed by atoms with Crippen LogP contribution >= 0.6 is 0 Å². The van der Waals surface area contributed by atoms with Gasteiger partial charge in [-0.25, -0.2) is 4.79 Å². The van der Waals surface area contributed by atoms with Crippen LogP contribution in [0.25, 0.3) is 0 Å². The van der Waals surface area contributed by atoms with E-state index in [2.05, 4.69) is 10.5 Å². The summed E-state index contributed by atoms with van der Waals surface area (Å²) >= 11 is 0. The van der Waals surface area contributed by atoms with E-state index in [0.717, 1.165) is 6.21 Å². The van der Waals surface area contributed by atoms with Crippen LogP contribution in [0.4, 0.5) is 4.79 Å². The summed E-state index contributed by atoms with van der Waals surface area (Å²) < 4.78 is 0. The second kappa shape index (κ2) is 3.65. The fourth-order valence-electron chi connectivity index (χ4n) is 0.814. The second-order valence-corrected chi connectivity index (χ2v) is 2.29. The lowest BCUT2D eigenvalue weighted by Gasteiger charge is -2.16. The molecule has 4 amide bonds. The van der Waals surface area contributed by atoms with Crippen molar-refractivity contribution in [3.05, 3.63) is 0 Å². The first-order valence-corrected chi connectivity index (χ1v) is 3.50. The number of imide groups is 2. The zero-order chi connectivity index (χ0) is 9.84. The van der Waals surface area contributed by atoms with Gasteiger partial charge in [0.1, 0.15) is 0 Å². The van der Waals surface area contributed by atoms with Gasteiger partial charge in [0, 0.05) is 13.3 Å². The van der Waals surface area contributed by atoms with Crippen LogP contribution in [0.2, 0.25) is 0 Å². The largest absolute Gasteiger partial charge is 0.328 e. The number of rotatable bonds is 2. The van der Waals surface area contributed by atoms with E-state index in [1.807, 2.05) is 10.6 Å². The molecule has 1 rings (SSSR count). The highest BCUT2D eigenvalue weighted by Crippen LogP contribution is 1.97. The molecule has 3 N–H and O–H groups in total. The topological polar surface area (TPSA) is 99.7 Å². The third-order valence-electron chi connectivity index (χ3n) is 1.39. The molecule has 0 bridgehead atoms. The molecule has 0 unspecified atom stereocenters. The molecule has 0 aromatic rings. The number of urea groups is 1. The van der Waals surface area contributed by atoms with E-state index in [1.165, 1.54) is 7.05 Å². The van der Waals surface area contributed by atoms with Crippen LogP contribution in [0.15, 0.2) is 5.10 Å². The molecule has 1 aliphatic rings. The summed E-state index contributed by atoms with van der Waals surface area (Å²) in [4.78, 5) is 32.6. The Labute approximate surface area is 73.6 Å². The minimum absolute atomic E-state index is 0.673. The molecule has 1 fully saturated rings. The first-order chi connectivity index (χ1) is 6.15. The van der Waals surface area contributed by atoms with Crippen LogP contribution < -0.4 is 16.1 Å². The maximum absolute atomic E-state index is 11.0. The van der Waals surface area contributed by atoms with E-state index < -0.39 is 23.8 Å². The molecule has 0 aromatic carbocycles. The Bertz CT molecular complexity index is 266. The van der Waals surface area contributed by atoms with Crippen LogP contribution in [-0.2, 0) is 9.59 Å². The van der Waals surface area contributed by atoms with Gasteiger partial charge in [-0.3, -0.25) is 20.2 Å². The Kier molecular flexibility index (Phi) is 2.58. The van der Waals surface area contributed by atoms with Crippen molar-refractivity contribution in [2.45, 2.75) is 0 Å². The Morgan fingerprint density at radius 3 is 2.31 bits per heavy atom. The van der Waals surface area contributed by atoms with Crippen molar-refractivity contribution in [3.63, 3.8) is 0 Å². The molecule has 0 aliphatic carbocycles. The summed E-state index contributed by atoms with van der Waals surface area (Å²) in [7, 11) is 1.53. The number of carbonyl (C=O) groups excluding carboxylic acids is 3. The number of hydrazone groups is 1. The molecule has 70 valence electrons. The number of hydrogen-bond acceptors (Lipinski definition) is 5. The van der Waals surface area contributed by atoms with Crippen molar-refractivity contribution in [1.29, 1.82) is 0 Å². The van der Waals surface area contributed by atoms with Crippen LogP contribution in [0.5, 0.6) is 0 Å². The number of nitrogens with zero attached hydrogens (tertiary/aromatic N) is 1. The third kappa shape index (κ3) is 2.01. The maximum atomic E-state index is 11.0. The van der Waals surface area contributed by atoms with E-state index in [4.69, 9.17) is 0 Å². The molecule has 1 saturated heterocycles. The second-order valence-electron chi connectivity index (χ2n) is 2.29. The lowest BCUT2D eigenvalue weighted by Crippen LogP contribution is -2.56. The molecule has 0 spiro atoms. The van der Waals surface area contributed by atoms with Gasteiger partial charge in [-0.1, -0.05) is 0 Å². The maximum Gasteiger partial charge on any atom is 0.328 e. The highest BCUT2D eigenvalue weighted by atomic mass is 16.2. The fraction of sp³-hybridized carbons (Fsp3) is 0.333. The van der Waals surface area contributed by atoms with Gasteiger partial charge in [-0.2, -0.15) is 5.10 Å². The molecule has 13 heavy (non-hydrogen) atoms. The average molecular weight is 184 g/mol. The Hall–Kier alpha value is -1.92. The SMILES string of the molecule is CN/N=C/C1C(=O)NC(=O)NC1=O. The Balaban J connectivity index is 2.73. The Morgan fingerprint density at radius 1 is 1.31 bits per heavy atom. The number of nitrogens with one attached hydrogen (secondary N) is 3. The third-order valence-corrected chi connectivity index (χ3v) is 1.39. The van der Waals surface area contributed by atoms with Gasteiger partial charge in [-0.05, 0) is 0 Å². The van der Waals surface area contributed by atoms with Gasteiger partial charge < -0.3 is 5.43 Å². The molecule has 1 heterocycles. The molecule has 7 nitrogen and oxygen atoms in total. The van der Waals surface area contributed by atoms with Crippen LogP contribution in [0.1, 0.15) is 0 Å². The molecule has 7 heteroatoms. The van der Waals surface area contributed by atoms with E-state index in [0.29, 0.717) is 0 Å². The standard InChI is InChI=1S/C6H8N4O3/c1-7-8-2-3-4(11)9-6(13)10-5(3)12/h2-3,7H,1H3,(H2,9,10,11,12,13)/b8-2+. The summed E-state index contributed by atoms with van der Waals surface area (Å²) in [5, 5.41) is 7.39. The minimum Gasteiger partial charge on any atom is -0.313 e. The molecule has 0 aromatic heterocycles. The van der Waals surface area contributed by atoms with Crippen molar-refractivity contribution in [1.82, 2.24) is 16.1 Å². The van der Waals surface area contributed by atoms with Gasteiger partial charge in [0.15, 0.2) is 5.92 Å². The van der Waals surface area contributed by atoms with Crippen LogP contribution in [0.3, 0.4) is 0 Å². The number of barbiturate groups is 1. The van der Waals surface area contributed by atoms with Gasteiger partial charge in [0.2, 0.25) is 11.8 Å². The first-order valence-electron chi connectivity index (χ1n) is 3.50. The zero-order valence-electron chi connectivity index (χ0n) is 6.83. The lowest BCUT2D eigenvalue weighted by atomic mass is 10.1. The van der Waals surface area contributed by atoms with E-state index in [9.17, 15) is 14.4 Å². The average Bonchev–Trinajstić information content (AvgIpc) is 2.02. The number of hydrogen-bond donors (Lipinski definition) is 3. The summed E-state index contributed by atoms with van der Waals surface area (Å²) in [5.41, 5.74) is 2.39. The predicted octanol–water partition coefficient (Wildman–Crippen LogP) is -1.83. The normalized spacial score (nSPS) is 18.7. The molecule has 0 radical (unpaired) electrons. The van der Waals surface area contributed by atoms with Gasteiger partial charge in [0.25, 0.3) is 0 Å². The lowest BCUT2D eigenvalue weighted by molar-refractivity contribution is -0.132. The summed E-state index contributed by atoms with van der Waals surface area (Å²) in [5.74, 6) is -2.40. The zero-order valence-corrected chi connectivity index (χ0v) is 6.83. The monoisotopic (exact) mass is 184 g/mol. The van der Waals surface area contributed by atoms with Gasteiger partial charge in [-0.15, -0.1) is 0 Å². The molecular formula is C6H8N4O3. The van der Waals surface area contributed by atoms with Crippen molar-refractivity contribution < 1.29 is 14.4 Å². The van der Waals surface area contributed by atoms with Crippen molar-refractivity contribution >= 4 is 24.1 Å². The van der Waals surface area contributed by atoms with Crippen LogP contribution in [-0.4, -0.2) is 31.1 Å². The number of amides is 4. The predicted molar refractivity (Wildman–Crippen MR) is 42.7 cm³/mol. The molecule has 0 atom stereocenters. The smallest absolute Gasteiger partial charge is 0.313 e. The van der Waals surface area contributed by atoms with E-state index in [-0.39, 0.29) is 0 Å². The molecule has 1 aliphatic heterocycles. The van der Waals surface area contributed by atoms with E-state index >= 15 is 0 Å². The van der Waals surface area contributed by atoms with E-state index in [1.54, 1.807) is 0 Å². The Morgan fingerprint density at radius 2 is 1.85 bits per heavy atom. The highest BCUT2D eigenvalue weighted by Gasteiger charge is 2.32. The molecular weight excluding hydrogens is 176 g/mol. The summed E-state index contributed by atoms with van der Waals surface area (Å²) in [6.45, 7) is 0. The molecule has 0 saturated carbocycles. The van der Waals surface area contributed by atoms with Gasteiger partial charge in [0.05, 0.1) is 0 Å². The van der Waals surface area contributed by atoms with Crippen molar-refractivity contribution in [2.24, 2.45) is 11.0 Å². The van der Waals surface area contributed by atoms with Crippen LogP contribution in [0, 0.1) is 5.92 Å². The van der Waals surface area contributed by atoms with Crippen molar-refractivity contribution in [2.75, 3.05) is 7.05 Å². The summed E-state index contributed by atoms with van der Waals surface area (Å²) in [6.07, 6.45) is 1.12. The van der Waals surface area contributed by atoms with Crippen molar-refractivity contribution in [3.8, 4) is 0 Å².